The van der Waals surface area contributed by atoms with Gasteiger partial charge in [-0.15, -0.1) is 11.3 Å². The molecule has 0 radical (unpaired) electrons. The van der Waals surface area contributed by atoms with Crippen LogP contribution >= 0.6 is 11.3 Å². The molecule has 2 heterocycles. The highest BCUT2D eigenvalue weighted by Crippen LogP contribution is 2.49. The zero-order chi connectivity index (χ0) is 41.4. The van der Waals surface area contributed by atoms with Crippen LogP contribution in [0.5, 0.6) is 0 Å². The summed E-state index contributed by atoms with van der Waals surface area (Å²) >= 11 is 1.90. The Kier molecular flexibility index (Phi) is 8.12. The van der Waals surface area contributed by atoms with E-state index in [2.05, 4.69) is 229 Å². The molecule has 0 spiro atoms. The lowest BCUT2D eigenvalue weighted by molar-refractivity contribution is 0.672. The number of benzene rings is 11. The Labute approximate surface area is 368 Å². The maximum absolute atomic E-state index is 6.97. The van der Waals surface area contributed by atoms with Crippen molar-refractivity contribution in [3.8, 4) is 33.4 Å². The first-order chi connectivity index (χ1) is 31.2. The maximum Gasteiger partial charge on any atom is 0.143 e. The zero-order valence-electron chi connectivity index (χ0n) is 34.1. The highest BCUT2D eigenvalue weighted by atomic mass is 32.1. The van der Waals surface area contributed by atoms with Gasteiger partial charge in [-0.2, -0.15) is 0 Å². The van der Waals surface area contributed by atoms with E-state index in [-0.39, 0.29) is 0 Å². The van der Waals surface area contributed by atoms with Gasteiger partial charge in [-0.05, 0) is 97.2 Å². The number of nitrogens with zero attached hydrogens (tertiary/aromatic N) is 1. The Hall–Kier alpha value is -7.98. The van der Waals surface area contributed by atoms with Crippen LogP contribution in [0.25, 0.3) is 108 Å². The third kappa shape index (κ3) is 5.78. The van der Waals surface area contributed by atoms with E-state index in [0.717, 1.165) is 44.4 Å². The Morgan fingerprint density at radius 1 is 0.333 bits per heavy atom. The number of thiophene rings is 1. The average Bonchev–Trinajstić information content (AvgIpc) is 3.94. The third-order valence-electron chi connectivity index (χ3n) is 12.8. The fourth-order valence-electron chi connectivity index (χ4n) is 9.83. The molecule has 2 aromatic heterocycles. The molecule has 0 amide bonds. The Bertz CT molecular complexity index is 3840. The summed E-state index contributed by atoms with van der Waals surface area (Å²) in [4.78, 5) is 2.41. The highest BCUT2D eigenvalue weighted by molar-refractivity contribution is 7.26. The van der Waals surface area contributed by atoms with E-state index in [9.17, 15) is 0 Å². The monoisotopic (exact) mass is 819 g/mol. The van der Waals surface area contributed by atoms with Crippen LogP contribution in [0.4, 0.5) is 17.1 Å². The standard InChI is InChI=1S/C60H37NOS/c1-2-13-38(14-3-1)41-27-29-42(30-28-41)47-21-10-22-50-51-23-11-24-52(60(51)63-59(47)50)53-37-54-57-55(25-12-26-56(57)62-58(54)49-20-9-8-19-48(49)53)61(45-33-31-39-15-4-6-17-43(39)35-45)46-34-32-40-16-5-7-18-44(40)36-46/h1-37H. The summed E-state index contributed by atoms with van der Waals surface area (Å²) in [7, 11) is 0. The molecule has 0 N–H and O–H groups in total. The number of hydrogen-bond acceptors (Lipinski definition) is 3. The van der Waals surface area contributed by atoms with Crippen molar-refractivity contribution < 1.29 is 4.42 Å². The van der Waals surface area contributed by atoms with Gasteiger partial charge in [0.1, 0.15) is 11.2 Å². The van der Waals surface area contributed by atoms with Gasteiger partial charge in [-0.3, -0.25) is 0 Å². The topological polar surface area (TPSA) is 16.4 Å². The van der Waals surface area contributed by atoms with Crippen molar-refractivity contribution in [2.24, 2.45) is 0 Å². The molecular weight excluding hydrogens is 783 g/mol. The van der Waals surface area contributed by atoms with Crippen LogP contribution in [-0.2, 0) is 0 Å². The van der Waals surface area contributed by atoms with Gasteiger partial charge in [-0.1, -0.05) is 182 Å². The molecule has 0 aliphatic rings. The second-order valence-corrected chi connectivity index (χ2v) is 17.4. The molecule has 11 aromatic carbocycles. The summed E-state index contributed by atoms with van der Waals surface area (Å²) in [6, 6.07) is 81.6. The Balaban J connectivity index is 1.04. The smallest absolute Gasteiger partial charge is 0.143 e. The molecule has 13 aromatic rings. The van der Waals surface area contributed by atoms with Crippen molar-refractivity contribution in [3.05, 3.63) is 224 Å². The van der Waals surface area contributed by atoms with Crippen LogP contribution in [0, 0.1) is 0 Å². The Morgan fingerprint density at radius 3 is 1.57 bits per heavy atom. The van der Waals surface area contributed by atoms with Crippen LogP contribution in [0.15, 0.2) is 229 Å². The van der Waals surface area contributed by atoms with E-state index in [1.807, 2.05) is 11.3 Å². The molecule has 2 nitrogen and oxygen atoms in total. The summed E-state index contributed by atoms with van der Waals surface area (Å²) in [6.07, 6.45) is 0. The fourth-order valence-corrected chi connectivity index (χ4v) is 11.2. The minimum Gasteiger partial charge on any atom is -0.455 e. The fraction of sp³-hybridized carbons (Fsp3) is 0. The molecule has 0 unspecified atom stereocenters. The van der Waals surface area contributed by atoms with Gasteiger partial charge in [0.15, 0.2) is 0 Å². The number of anilines is 3. The average molecular weight is 820 g/mol. The maximum atomic E-state index is 6.97. The molecule has 0 aliphatic carbocycles. The van der Waals surface area contributed by atoms with Crippen molar-refractivity contribution in [1.82, 2.24) is 0 Å². The molecule has 0 bridgehead atoms. The minimum atomic E-state index is 0.861. The number of fused-ring (bicyclic) bond motifs is 10. The van der Waals surface area contributed by atoms with Gasteiger partial charge < -0.3 is 9.32 Å². The first kappa shape index (κ1) is 35.7. The van der Waals surface area contributed by atoms with E-state index >= 15 is 0 Å². The molecule has 0 atom stereocenters. The lowest BCUT2D eigenvalue weighted by atomic mass is 9.93. The molecule has 63 heavy (non-hydrogen) atoms. The molecule has 0 fully saturated rings. The summed E-state index contributed by atoms with van der Waals surface area (Å²) in [6.45, 7) is 0. The predicted octanol–water partition coefficient (Wildman–Crippen LogP) is 17.9. The van der Waals surface area contributed by atoms with Gasteiger partial charge in [0, 0.05) is 47.9 Å². The van der Waals surface area contributed by atoms with E-state index in [4.69, 9.17) is 4.42 Å². The van der Waals surface area contributed by atoms with E-state index < -0.39 is 0 Å². The van der Waals surface area contributed by atoms with Crippen LogP contribution in [0.2, 0.25) is 0 Å². The summed E-state index contributed by atoms with van der Waals surface area (Å²) in [5.41, 5.74) is 12.4. The second kappa shape index (κ2) is 14.3. The van der Waals surface area contributed by atoms with Crippen LogP contribution in [-0.4, -0.2) is 0 Å². The molecule has 13 rings (SSSR count). The Morgan fingerprint density at radius 2 is 0.873 bits per heavy atom. The summed E-state index contributed by atoms with van der Waals surface area (Å²) < 4.78 is 9.56. The van der Waals surface area contributed by atoms with E-state index in [0.29, 0.717) is 0 Å². The zero-order valence-corrected chi connectivity index (χ0v) is 34.9. The molecule has 294 valence electrons. The number of rotatable bonds is 6. The van der Waals surface area contributed by atoms with Gasteiger partial charge in [-0.25, -0.2) is 0 Å². The molecule has 0 saturated carbocycles. The SMILES string of the molecule is c1ccc(-c2ccc(-c3cccc4c3sc3c(-c5cc6c(oc7cccc(N(c8ccc9ccccc9c8)c8ccc9ccccc9c8)c76)c6ccccc56)cccc34)cc2)cc1. The molecule has 0 saturated heterocycles. The molecular formula is C60H37NOS. The van der Waals surface area contributed by atoms with Crippen LogP contribution in [0.1, 0.15) is 0 Å². The van der Waals surface area contributed by atoms with Crippen LogP contribution < -0.4 is 4.90 Å². The lowest BCUT2D eigenvalue weighted by Gasteiger charge is -2.27. The molecule has 0 aliphatic heterocycles. The first-order valence-corrected chi connectivity index (χ1v) is 22.3. The minimum absolute atomic E-state index is 0.861. The normalized spacial score (nSPS) is 11.8. The summed E-state index contributed by atoms with van der Waals surface area (Å²) in [5, 5.41) is 11.8. The number of hydrogen-bond donors (Lipinski definition) is 0. The highest BCUT2D eigenvalue weighted by Gasteiger charge is 2.23. The quantitative estimate of drug-likeness (QED) is 0.166. The first-order valence-electron chi connectivity index (χ1n) is 21.5. The predicted molar refractivity (Wildman–Crippen MR) is 270 cm³/mol. The van der Waals surface area contributed by atoms with Gasteiger partial charge in [0.05, 0.1) is 11.1 Å². The lowest BCUT2D eigenvalue weighted by Crippen LogP contribution is -2.10. The van der Waals surface area contributed by atoms with Crippen molar-refractivity contribution in [1.29, 1.82) is 0 Å². The third-order valence-corrected chi connectivity index (χ3v) is 14.1. The van der Waals surface area contributed by atoms with Crippen molar-refractivity contribution in [2.45, 2.75) is 0 Å². The largest absolute Gasteiger partial charge is 0.455 e. The van der Waals surface area contributed by atoms with E-state index in [1.54, 1.807) is 0 Å². The summed E-state index contributed by atoms with van der Waals surface area (Å²) in [5.74, 6) is 0. The number of furan rings is 1. The van der Waals surface area contributed by atoms with Crippen molar-refractivity contribution in [3.63, 3.8) is 0 Å². The second-order valence-electron chi connectivity index (χ2n) is 16.4. The van der Waals surface area contributed by atoms with Crippen molar-refractivity contribution >= 4 is 103 Å². The van der Waals surface area contributed by atoms with Gasteiger partial charge >= 0.3 is 0 Å². The van der Waals surface area contributed by atoms with Crippen LogP contribution in [0.3, 0.4) is 0 Å². The van der Waals surface area contributed by atoms with Crippen molar-refractivity contribution in [2.75, 3.05) is 4.90 Å². The van der Waals surface area contributed by atoms with E-state index in [1.165, 1.54) is 80.5 Å². The molecule has 3 heteroatoms. The van der Waals surface area contributed by atoms with Gasteiger partial charge in [0.2, 0.25) is 0 Å². The van der Waals surface area contributed by atoms with Gasteiger partial charge in [0.25, 0.3) is 0 Å².